The summed E-state index contributed by atoms with van der Waals surface area (Å²) in [5, 5.41) is 11.4. The van der Waals surface area contributed by atoms with E-state index < -0.39 is 11.7 Å². The van der Waals surface area contributed by atoms with E-state index >= 15 is 0 Å². The monoisotopic (exact) mass is 421 g/mol. The average Bonchev–Trinajstić information content (AvgIpc) is 3.43. The summed E-state index contributed by atoms with van der Waals surface area (Å²) in [4.78, 5) is 29.5. The molecule has 0 aliphatic carbocycles. The second-order valence-corrected chi connectivity index (χ2v) is 7.19. The molecule has 0 radical (unpaired) electrons. The van der Waals surface area contributed by atoms with E-state index in [1.165, 1.54) is 28.2 Å². The van der Waals surface area contributed by atoms with Crippen LogP contribution in [0.4, 0.5) is 10.1 Å². The SMILES string of the molecule is CNC(=O)c1ccc(NC(=O)c2nc(-c3cccs3)n(-c3cccc(F)c3)n2)cc1. The molecule has 2 heterocycles. The van der Waals surface area contributed by atoms with Gasteiger partial charge in [0.1, 0.15) is 5.82 Å². The summed E-state index contributed by atoms with van der Waals surface area (Å²) < 4.78 is 15.2. The second kappa shape index (κ2) is 8.26. The topological polar surface area (TPSA) is 88.9 Å². The predicted molar refractivity (Wildman–Crippen MR) is 112 cm³/mol. The Morgan fingerprint density at radius 3 is 2.50 bits per heavy atom. The maximum absolute atomic E-state index is 13.7. The lowest BCUT2D eigenvalue weighted by Crippen LogP contribution is -2.18. The molecule has 150 valence electrons. The van der Waals surface area contributed by atoms with Crippen LogP contribution in [0.25, 0.3) is 16.4 Å². The highest BCUT2D eigenvalue weighted by molar-refractivity contribution is 7.13. The molecule has 0 bridgehead atoms. The highest BCUT2D eigenvalue weighted by atomic mass is 32.1. The number of carbonyl (C=O) groups excluding carboxylic acids is 2. The Morgan fingerprint density at radius 1 is 1.03 bits per heavy atom. The number of anilines is 1. The molecule has 4 rings (SSSR count). The lowest BCUT2D eigenvalue weighted by molar-refractivity contribution is 0.0962. The van der Waals surface area contributed by atoms with Crippen LogP contribution in [-0.4, -0.2) is 33.6 Å². The average molecular weight is 421 g/mol. The Kier molecular flexibility index (Phi) is 5.36. The molecule has 30 heavy (non-hydrogen) atoms. The fourth-order valence-corrected chi connectivity index (χ4v) is 3.50. The Balaban J connectivity index is 1.65. The second-order valence-electron chi connectivity index (χ2n) is 6.24. The van der Waals surface area contributed by atoms with Gasteiger partial charge >= 0.3 is 0 Å². The zero-order valence-corrected chi connectivity index (χ0v) is 16.6. The maximum Gasteiger partial charge on any atom is 0.295 e. The third-order valence-corrected chi connectivity index (χ3v) is 5.10. The molecule has 0 spiro atoms. The molecule has 2 aromatic heterocycles. The van der Waals surface area contributed by atoms with Crippen LogP contribution in [0, 0.1) is 5.82 Å². The number of hydrogen-bond acceptors (Lipinski definition) is 5. The largest absolute Gasteiger partial charge is 0.355 e. The van der Waals surface area contributed by atoms with Gasteiger partial charge in [0, 0.05) is 18.3 Å². The predicted octanol–water partition coefficient (Wildman–Crippen LogP) is 3.75. The summed E-state index contributed by atoms with van der Waals surface area (Å²) in [5.41, 5.74) is 1.43. The van der Waals surface area contributed by atoms with Gasteiger partial charge in [-0.15, -0.1) is 16.4 Å². The highest BCUT2D eigenvalue weighted by Gasteiger charge is 2.20. The van der Waals surface area contributed by atoms with Crippen LogP contribution >= 0.6 is 11.3 Å². The first-order valence-electron chi connectivity index (χ1n) is 8.95. The first-order valence-corrected chi connectivity index (χ1v) is 9.83. The van der Waals surface area contributed by atoms with Crippen molar-refractivity contribution in [1.82, 2.24) is 20.1 Å². The van der Waals surface area contributed by atoms with Crippen LogP contribution in [0.3, 0.4) is 0 Å². The Hall–Kier alpha value is -3.85. The number of thiophene rings is 1. The molecular weight excluding hydrogens is 405 g/mol. The van der Waals surface area contributed by atoms with Crippen molar-refractivity contribution in [3.63, 3.8) is 0 Å². The van der Waals surface area contributed by atoms with Crippen molar-refractivity contribution >= 4 is 28.8 Å². The number of carbonyl (C=O) groups is 2. The fraction of sp³-hybridized carbons (Fsp3) is 0.0476. The highest BCUT2D eigenvalue weighted by Crippen LogP contribution is 2.26. The van der Waals surface area contributed by atoms with Crippen LogP contribution in [-0.2, 0) is 0 Å². The normalized spacial score (nSPS) is 10.6. The number of amides is 2. The van der Waals surface area contributed by atoms with Gasteiger partial charge in [0.15, 0.2) is 5.82 Å². The fourth-order valence-electron chi connectivity index (χ4n) is 2.80. The van der Waals surface area contributed by atoms with Gasteiger partial charge < -0.3 is 10.6 Å². The number of halogens is 1. The van der Waals surface area contributed by atoms with E-state index in [9.17, 15) is 14.0 Å². The van der Waals surface area contributed by atoms with Crippen LogP contribution < -0.4 is 10.6 Å². The van der Waals surface area contributed by atoms with Gasteiger partial charge in [-0.05, 0) is 53.9 Å². The van der Waals surface area contributed by atoms with Crippen molar-refractivity contribution in [1.29, 1.82) is 0 Å². The molecule has 0 saturated carbocycles. The summed E-state index contributed by atoms with van der Waals surface area (Å²) in [5.74, 6) is -0.768. The van der Waals surface area contributed by atoms with Crippen molar-refractivity contribution in [2.45, 2.75) is 0 Å². The zero-order chi connectivity index (χ0) is 21.1. The molecule has 0 fully saturated rings. The third kappa shape index (κ3) is 3.96. The van der Waals surface area contributed by atoms with Gasteiger partial charge in [-0.25, -0.2) is 14.1 Å². The van der Waals surface area contributed by atoms with Crippen molar-refractivity contribution in [3.05, 3.63) is 83.2 Å². The van der Waals surface area contributed by atoms with E-state index in [0.29, 0.717) is 22.8 Å². The minimum Gasteiger partial charge on any atom is -0.355 e. The van der Waals surface area contributed by atoms with Crippen molar-refractivity contribution in [2.24, 2.45) is 0 Å². The van der Waals surface area contributed by atoms with Crippen LogP contribution in [0.1, 0.15) is 21.0 Å². The van der Waals surface area contributed by atoms with Gasteiger partial charge in [-0.3, -0.25) is 9.59 Å². The number of nitrogens with zero attached hydrogens (tertiary/aromatic N) is 3. The van der Waals surface area contributed by atoms with Crippen molar-refractivity contribution in [3.8, 4) is 16.4 Å². The molecule has 0 atom stereocenters. The third-order valence-electron chi connectivity index (χ3n) is 4.24. The summed E-state index contributed by atoms with van der Waals surface area (Å²) >= 11 is 1.44. The molecule has 0 aliphatic heterocycles. The van der Waals surface area contributed by atoms with Crippen LogP contribution in [0.15, 0.2) is 66.0 Å². The number of benzene rings is 2. The van der Waals surface area contributed by atoms with Gasteiger partial charge in [0.25, 0.3) is 11.8 Å². The van der Waals surface area contributed by atoms with E-state index in [2.05, 4.69) is 20.7 Å². The summed E-state index contributed by atoms with van der Waals surface area (Å²) in [7, 11) is 1.55. The number of hydrogen-bond donors (Lipinski definition) is 2. The van der Waals surface area contributed by atoms with Gasteiger partial charge in [-0.1, -0.05) is 12.1 Å². The lowest BCUT2D eigenvalue weighted by Gasteiger charge is -2.04. The van der Waals surface area contributed by atoms with Gasteiger partial charge in [0.2, 0.25) is 5.82 Å². The van der Waals surface area contributed by atoms with Crippen molar-refractivity contribution in [2.75, 3.05) is 12.4 Å². The number of rotatable bonds is 5. The molecule has 0 saturated heterocycles. The van der Waals surface area contributed by atoms with Gasteiger partial charge in [0.05, 0.1) is 10.6 Å². The quantitative estimate of drug-likeness (QED) is 0.514. The van der Waals surface area contributed by atoms with E-state index in [-0.39, 0.29) is 11.7 Å². The zero-order valence-electron chi connectivity index (χ0n) is 15.8. The van der Waals surface area contributed by atoms with Crippen LogP contribution in [0.5, 0.6) is 0 Å². The molecular formula is C21H16FN5O2S. The first kappa shape index (κ1) is 19.5. The molecule has 0 unspecified atom stereocenters. The van der Waals surface area contributed by atoms with E-state index in [0.717, 1.165) is 4.88 Å². The number of nitrogens with one attached hydrogen (secondary N) is 2. The van der Waals surface area contributed by atoms with E-state index in [1.807, 2.05) is 17.5 Å². The minimum absolute atomic E-state index is 0.0574. The molecule has 7 nitrogen and oxygen atoms in total. The van der Waals surface area contributed by atoms with Crippen molar-refractivity contribution < 1.29 is 14.0 Å². The van der Waals surface area contributed by atoms with E-state index in [4.69, 9.17) is 0 Å². The molecule has 0 aliphatic rings. The minimum atomic E-state index is -0.518. The van der Waals surface area contributed by atoms with E-state index in [1.54, 1.807) is 43.4 Å². The molecule has 2 aromatic carbocycles. The first-order chi connectivity index (χ1) is 14.5. The molecule has 2 amide bonds. The number of aromatic nitrogens is 3. The smallest absolute Gasteiger partial charge is 0.295 e. The summed E-state index contributed by atoms with van der Waals surface area (Å²) in [6.45, 7) is 0. The Morgan fingerprint density at radius 2 is 1.83 bits per heavy atom. The maximum atomic E-state index is 13.7. The van der Waals surface area contributed by atoms with Gasteiger partial charge in [-0.2, -0.15) is 0 Å². The van der Waals surface area contributed by atoms with Crippen LogP contribution in [0.2, 0.25) is 0 Å². The molecule has 9 heteroatoms. The molecule has 2 N–H and O–H groups in total. The summed E-state index contributed by atoms with van der Waals surface area (Å²) in [6.07, 6.45) is 0. The molecule has 4 aromatic rings. The summed E-state index contributed by atoms with van der Waals surface area (Å²) in [6, 6.07) is 16.1. The Bertz CT molecular complexity index is 1200. The standard InChI is InChI=1S/C21H16FN5O2S/c1-23-20(28)13-7-9-15(10-8-13)24-21(29)18-25-19(17-6-3-11-30-17)27(26-18)16-5-2-4-14(22)12-16/h2-12H,1H3,(H,23,28)(H,24,29). The lowest BCUT2D eigenvalue weighted by atomic mass is 10.2. The Labute approximate surface area is 175 Å².